The van der Waals surface area contributed by atoms with E-state index in [0.29, 0.717) is 12.8 Å². The largest absolute Gasteiger partial charge is 0.481 e. The van der Waals surface area contributed by atoms with Crippen LogP contribution >= 0.6 is 7.82 Å². The lowest BCUT2D eigenvalue weighted by Crippen LogP contribution is -2.32. The molecule has 0 rings (SSSR count). The van der Waals surface area contributed by atoms with E-state index in [1.54, 1.807) is 0 Å². The molecule has 4 N–H and O–H groups in total. The molecule has 380 valence electrons. The lowest BCUT2D eigenvalue weighted by molar-refractivity contribution is -0.161. The molecule has 0 saturated carbocycles. The molecule has 2 atom stereocenters. The summed E-state index contributed by atoms with van der Waals surface area (Å²) in [4.78, 5) is 69.5. The van der Waals surface area contributed by atoms with Crippen molar-refractivity contribution in [2.75, 3.05) is 39.5 Å². The molecule has 65 heavy (non-hydrogen) atoms. The second kappa shape index (κ2) is 47.2. The Hall–Kier alpha value is -3.26. The number of unbranched alkanes of at least 4 members (excludes halogenated alkanes) is 22. The van der Waals surface area contributed by atoms with Gasteiger partial charge in [-0.3, -0.25) is 28.2 Å². The minimum atomic E-state index is -4.67. The Labute approximate surface area is 392 Å². The number of ether oxygens (including phenoxy) is 3. The summed E-state index contributed by atoms with van der Waals surface area (Å²) in [6.07, 6.45) is 36.4. The number of nitrogens with one attached hydrogen (secondary N) is 2. The fraction of sp³-hybridized carbons (Fsp3) is 0.816. The van der Waals surface area contributed by atoms with Gasteiger partial charge in [0, 0.05) is 25.8 Å². The summed E-state index contributed by atoms with van der Waals surface area (Å²) in [5, 5.41) is 13.3. The van der Waals surface area contributed by atoms with Gasteiger partial charge in [0.25, 0.3) is 0 Å². The molecule has 2 amide bonds. The first-order valence-corrected chi connectivity index (χ1v) is 26.1. The van der Waals surface area contributed by atoms with Gasteiger partial charge in [0.05, 0.1) is 26.2 Å². The van der Waals surface area contributed by atoms with Crippen molar-refractivity contribution in [2.45, 2.75) is 220 Å². The third-order valence-electron chi connectivity index (χ3n) is 10.3. The van der Waals surface area contributed by atoms with Gasteiger partial charge in [-0.25, -0.2) is 9.36 Å². The normalized spacial score (nSPS) is 12.7. The van der Waals surface area contributed by atoms with Crippen LogP contribution in [0.25, 0.3) is 0 Å². The Balaban J connectivity index is 0. The van der Waals surface area contributed by atoms with E-state index in [1.165, 1.54) is 77.0 Å². The Kier molecular flexibility index (Phi) is 46.4. The molecule has 0 bridgehead atoms. The molecule has 15 nitrogen and oxygen atoms in total. The van der Waals surface area contributed by atoms with Crippen LogP contribution in [0.3, 0.4) is 0 Å². The van der Waals surface area contributed by atoms with Gasteiger partial charge in [-0.15, -0.1) is 0 Å². The summed E-state index contributed by atoms with van der Waals surface area (Å²) >= 11 is 0. The van der Waals surface area contributed by atoms with Gasteiger partial charge in [-0.2, -0.15) is 0 Å². The number of carbonyl (C=O) groups is 5. The molecule has 0 spiro atoms. The van der Waals surface area contributed by atoms with E-state index in [1.807, 2.05) is 0 Å². The highest BCUT2D eigenvalue weighted by molar-refractivity contribution is 7.47. The number of aliphatic carboxylic acids is 1. The zero-order valence-electron chi connectivity index (χ0n) is 39.7. The molecular formula is C49H91N2O13P. The summed E-state index contributed by atoms with van der Waals surface area (Å²) in [7, 11) is -4.67. The summed E-state index contributed by atoms with van der Waals surface area (Å²) in [5.41, 5.74) is 0. The first kappa shape index (κ1) is 63.8. The molecule has 0 aliphatic rings. The maximum absolute atomic E-state index is 12.8. The van der Waals surface area contributed by atoms with Gasteiger partial charge in [-0.05, 0) is 64.2 Å². The van der Waals surface area contributed by atoms with Crippen molar-refractivity contribution in [1.29, 1.82) is 0 Å². The molecule has 0 aromatic rings. The summed E-state index contributed by atoms with van der Waals surface area (Å²) in [6, 6.07) is 0. The fourth-order valence-electron chi connectivity index (χ4n) is 6.52. The van der Waals surface area contributed by atoms with Crippen molar-refractivity contribution in [3.63, 3.8) is 0 Å². The van der Waals surface area contributed by atoms with E-state index >= 15 is 0 Å². The summed E-state index contributed by atoms with van der Waals surface area (Å²) in [6.45, 7) is 2.67. The van der Waals surface area contributed by atoms with Gasteiger partial charge in [-0.1, -0.05) is 148 Å². The second-order valence-corrected chi connectivity index (χ2v) is 17.8. The molecule has 16 heteroatoms. The average molecular weight is 947 g/mol. The van der Waals surface area contributed by atoms with Crippen LogP contribution in [-0.4, -0.2) is 85.5 Å². The first-order valence-electron chi connectivity index (χ1n) is 24.6. The minimum absolute atomic E-state index is 0. The van der Waals surface area contributed by atoms with Crippen LogP contribution in [0.5, 0.6) is 0 Å². The van der Waals surface area contributed by atoms with Crippen molar-refractivity contribution >= 4 is 37.7 Å². The number of hydrogen-bond acceptors (Lipinski definition) is 11. The quantitative estimate of drug-likeness (QED) is 0.0147. The number of phosphoric ester groups is 1. The number of phosphoric acid groups is 1. The molecule has 0 fully saturated rings. The maximum atomic E-state index is 12.8. The predicted octanol–water partition coefficient (Wildman–Crippen LogP) is 12.0. The Morgan fingerprint density at radius 2 is 0.969 bits per heavy atom. The van der Waals surface area contributed by atoms with Gasteiger partial charge >= 0.3 is 31.8 Å². The van der Waals surface area contributed by atoms with Crippen LogP contribution in [0, 0.1) is 0 Å². The number of esters is 2. The molecule has 0 heterocycles. The summed E-state index contributed by atoms with van der Waals surface area (Å²) in [5.74, 6) is -2.59. The van der Waals surface area contributed by atoms with Gasteiger partial charge in [0.15, 0.2) is 6.10 Å². The maximum Gasteiger partial charge on any atom is 0.472 e. The van der Waals surface area contributed by atoms with Crippen molar-refractivity contribution in [3.05, 3.63) is 24.3 Å². The van der Waals surface area contributed by atoms with Crippen LogP contribution in [0.4, 0.5) is 4.79 Å². The standard InChI is InChI=1S/C48H87N2O13P.CH4/c1-3-5-7-9-11-13-15-17-19-21-23-25-27-29-31-33-46(54)60-41-43(63-47(55)34-32-30-28-26-24-22-20-18-16-14-12-10-8-6-4-2)42-62-64(57,58)61-40-38-50-48(56)59-39-37-49-44(51)35-36-45(52)53;/h17-20,43H,3-16,21-42H2,1-2H3,(H,49,51)(H,50,56)(H,52,53)(H,57,58);1H4. The van der Waals surface area contributed by atoms with Gasteiger partial charge in [0.2, 0.25) is 5.91 Å². The first-order chi connectivity index (χ1) is 31.0. The molecular weight excluding hydrogens is 856 g/mol. The molecule has 0 aliphatic heterocycles. The summed E-state index contributed by atoms with van der Waals surface area (Å²) < 4.78 is 38.4. The molecule has 0 radical (unpaired) electrons. The van der Waals surface area contributed by atoms with Crippen molar-refractivity contribution in [2.24, 2.45) is 0 Å². The Morgan fingerprint density at radius 3 is 1.46 bits per heavy atom. The fourth-order valence-corrected chi connectivity index (χ4v) is 7.27. The smallest absolute Gasteiger partial charge is 0.472 e. The van der Waals surface area contributed by atoms with Crippen molar-refractivity contribution in [1.82, 2.24) is 10.6 Å². The zero-order valence-corrected chi connectivity index (χ0v) is 40.6. The highest BCUT2D eigenvalue weighted by Gasteiger charge is 2.26. The van der Waals surface area contributed by atoms with Crippen LogP contribution in [0.2, 0.25) is 0 Å². The molecule has 2 unspecified atom stereocenters. The van der Waals surface area contributed by atoms with E-state index in [0.717, 1.165) is 77.0 Å². The van der Waals surface area contributed by atoms with Gasteiger partial charge < -0.3 is 34.8 Å². The van der Waals surface area contributed by atoms with E-state index < -0.39 is 57.0 Å². The van der Waals surface area contributed by atoms with Gasteiger partial charge in [0.1, 0.15) is 13.2 Å². The molecule has 0 aliphatic carbocycles. The number of carbonyl (C=O) groups excluding carboxylic acids is 4. The van der Waals surface area contributed by atoms with Crippen LogP contribution < -0.4 is 10.6 Å². The van der Waals surface area contributed by atoms with Crippen molar-refractivity contribution in [3.8, 4) is 0 Å². The van der Waals surface area contributed by atoms with Crippen LogP contribution in [0.1, 0.15) is 214 Å². The SMILES string of the molecule is C.CCCCCCCCC=CCCCCCCCC(=O)OCC(COP(=O)(O)OCCNC(=O)OCCNC(=O)CCC(=O)O)OC(=O)CCCCCCCC=CCCCCCCCC. The Bertz CT molecular complexity index is 1300. The van der Waals surface area contributed by atoms with Crippen LogP contribution in [0.15, 0.2) is 24.3 Å². The number of rotatable bonds is 46. The number of carboxylic acid groups (broad SMARTS) is 1. The third-order valence-corrected chi connectivity index (χ3v) is 11.3. The predicted molar refractivity (Wildman–Crippen MR) is 257 cm³/mol. The number of alkyl carbamates (subject to hydrolysis) is 1. The van der Waals surface area contributed by atoms with E-state index in [4.69, 9.17) is 28.4 Å². The molecule has 0 saturated heterocycles. The Morgan fingerprint density at radius 1 is 0.523 bits per heavy atom. The van der Waals surface area contributed by atoms with E-state index in [9.17, 15) is 33.4 Å². The number of allylic oxidation sites excluding steroid dienone is 4. The number of amides is 2. The minimum Gasteiger partial charge on any atom is -0.481 e. The average Bonchev–Trinajstić information content (AvgIpc) is 3.26. The second-order valence-electron chi connectivity index (χ2n) is 16.4. The highest BCUT2D eigenvalue weighted by atomic mass is 31.2. The highest BCUT2D eigenvalue weighted by Crippen LogP contribution is 2.43. The molecule has 0 aromatic carbocycles. The monoisotopic (exact) mass is 947 g/mol. The zero-order chi connectivity index (χ0) is 47.2. The van der Waals surface area contributed by atoms with Crippen molar-refractivity contribution < 1.29 is 61.8 Å². The lowest BCUT2D eigenvalue weighted by Gasteiger charge is -2.20. The van der Waals surface area contributed by atoms with Crippen LogP contribution in [-0.2, 0) is 47.0 Å². The number of hydrogen-bond donors (Lipinski definition) is 4. The van der Waals surface area contributed by atoms with E-state index in [-0.39, 0.29) is 59.4 Å². The van der Waals surface area contributed by atoms with E-state index in [2.05, 4.69) is 48.8 Å². The number of carboxylic acids is 1. The lowest BCUT2D eigenvalue weighted by atomic mass is 10.1. The molecule has 0 aromatic heterocycles. The topological polar surface area (TPSA) is 213 Å². The third kappa shape index (κ3) is 48.5.